The van der Waals surface area contributed by atoms with Crippen molar-refractivity contribution in [2.45, 2.75) is 25.2 Å². The van der Waals surface area contributed by atoms with E-state index in [9.17, 15) is 4.79 Å². The number of halogens is 4. The molecular weight excluding hydrogens is 536 g/mol. The molecule has 1 fully saturated rings. The molecule has 2 aliphatic rings. The lowest BCUT2D eigenvalue weighted by molar-refractivity contribution is 0.0977. The van der Waals surface area contributed by atoms with Gasteiger partial charge in [-0.15, -0.1) is 0 Å². The molecule has 2 aromatic carbocycles. The Morgan fingerprint density at radius 2 is 1.72 bits per heavy atom. The number of aromatic nitrogens is 1. The summed E-state index contributed by atoms with van der Waals surface area (Å²) in [6.07, 6.45) is 6.14. The molecule has 5 rings (SSSR count). The van der Waals surface area contributed by atoms with Crippen LogP contribution in [0.2, 0.25) is 20.4 Å². The van der Waals surface area contributed by atoms with Gasteiger partial charge in [-0.05, 0) is 74.3 Å². The molecule has 0 radical (unpaired) electrons. The summed E-state index contributed by atoms with van der Waals surface area (Å²) in [5.41, 5.74) is 4.76. The van der Waals surface area contributed by atoms with Crippen LogP contribution in [0, 0.1) is 6.92 Å². The third-order valence-electron chi connectivity index (χ3n) is 7.17. The molecule has 0 atom stereocenters. The second-order valence-corrected chi connectivity index (χ2v) is 11.2. The number of anilines is 1. The van der Waals surface area contributed by atoms with E-state index < -0.39 is 0 Å². The number of pyridine rings is 1. The number of aryl methyl sites for hydroxylation is 1. The average molecular weight is 561 g/mol. The summed E-state index contributed by atoms with van der Waals surface area (Å²) in [5.74, 6) is -0.103. The van der Waals surface area contributed by atoms with E-state index in [4.69, 9.17) is 46.4 Å². The number of rotatable bonds is 4. The topological polar surface area (TPSA) is 36.4 Å². The van der Waals surface area contributed by atoms with E-state index in [-0.39, 0.29) is 21.6 Å². The fraction of sp³-hybridized carbons (Fsp3) is 0.286. The minimum absolute atomic E-state index is 0.0721. The van der Waals surface area contributed by atoms with Crippen molar-refractivity contribution in [1.82, 2.24) is 9.88 Å². The maximum Gasteiger partial charge on any atom is 0.258 e. The normalized spacial score (nSPS) is 17.2. The van der Waals surface area contributed by atoms with Crippen LogP contribution in [0.25, 0.3) is 6.08 Å². The summed E-state index contributed by atoms with van der Waals surface area (Å²) in [6.45, 7) is 5.48. The number of amides is 1. The van der Waals surface area contributed by atoms with Crippen molar-refractivity contribution in [2.75, 3.05) is 31.1 Å². The molecule has 36 heavy (non-hydrogen) atoms. The SMILES string of the molecule is Cc1ccc2c(c1)C1(CCN(C/C=C/c3ccc(Cl)cc3Cl)CC1)CN2C(=O)c1cc(Cl)nc(Cl)c1. The van der Waals surface area contributed by atoms with Gasteiger partial charge < -0.3 is 4.90 Å². The number of fused-ring (bicyclic) bond motifs is 2. The monoisotopic (exact) mass is 559 g/mol. The summed E-state index contributed by atoms with van der Waals surface area (Å²) in [6, 6.07) is 15.1. The first-order valence-electron chi connectivity index (χ1n) is 11.8. The van der Waals surface area contributed by atoms with E-state index in [0.29, 0.717) is 22.2 Å². The lowest BCUT2D eigenvalue weighted by Crippen LogP contribution is -2.46. The Kier molecular flexibility index (Phi) is 7.35. The Balaban J connectivity index is 1.32. The van der Waals surface area contributed by atoms with E-state index >= 15 is 0 Å². The first-order valence-corrected chi connectivity index (χ1v) is 13.4. The molecule has 0 unspecified atom stereocenters. The standard InChI is InChI=1S/C28H25Cl4N3O/c1-18-4-7-24-22(13-18)28(17-35(24)27(36)20-14-25(31)33-26(32)15-20)8-11-34(12-9-28)10-2-3-19-5-6-21(29)16-23(19)30/h2-7,13-16H,8-12,17H2,1H3/b3-2+. The summed E-state index contributed by atoms with van der Waals surface area (Å²) >= 11 is 24.5. The predicted molar refractivity (Wildman–Crippen MR) is 150 cm³/mol. The number of benzene rings is 2. The molecule has 0 bridgehead atoms. The summed E-state index contributed by atoms with van der Waals surface area (Å²) < 4.78 is 0. The molecule has 0 N–H and O–H groups in total. The van der Waals surface area contributed by atoms with Gasteiger partial charge in [-0.1, -0.05) is 82.3 Å². The molecule has 0 saturated carbocycles. The van der Waals surface area contributed by atoms with Gasteiger partial charge in [0, 0.05) is 39.8 Å². The van der Waals surface area contributed by atoms with E-state index in [2.05, 4.69) is 41.1 Å². The van der Waals surface area contributed by atoms with E-state index in [1.54, 1.807) is 18.2 Å². The van der Waals surface area contributed by atoms with Crippen molar-refractivity contribution in [2.24, 2.45) is 0 Å². The highest BCUT2D eigenvalue weighted by Crippen LogP contribution is 2.48. The molecule has 1 saturated heterocycles. The second kappa shape index (κ2) is 10.4. The van der Waals surface area contributed by atoms with Crippen LogP contribution < -0.4 is 4.90 Å². The minimum Gasteiger partial charge on any atom is -0.307 e. The molecule has 1 spiro atoms. The van der Waals surface area contributed by atoms with Crippen molar-refractivity contribution in [3.05, 3.63) is 97.2 Å². The Morgan fingerprint density at radius 1 is 1.00 bits per heavy atom. The van der Waals surface area contributed by atoms with E-state index in [1.165, 1.54) is 11.1 Å². The highest BCUT2D eigenvalue weighted by atomic mass is 35.5. The molecule has 1 aromatic heterocycles. The maximum atomic E-state index is 13.6. The zero-order valence-electron chi connectivity index (χ0n) is 19.8. The summed E-state index contributed by atoms with van der Waals surface area (Å²) in [5, 5.41) is 1.71. The largest absolute Gasteiger partial charge is 0.307 e. The van der Waals surface area contributed by atoms with Gasteiger partial charge in [-0.3, -0.25) is 9.69 Å². The molecule has 0 aliphatic carbocycles. The molecule has 2 aliphatic heterocycles. The first-order chi connectivity index (χ1) is 17.2. The highest BCUT2D eigenvalue weighted by molar-refractivity contribution is 6.35. The Morgan fingerprint density at radius 3 is 2.42 bits per heavy atom. The molecule has 186 valence electrons. The van der Waals surface area contributed by atoms with Gasteiger partial charge in [0.2, 0.25) is 0 Å². The van der Waals surface area contributed by atoms with Crippen LogP contribution in [-0.4, -0.2) is 42.0 Å². The molecule has 1 amide bonds. The summed E-state index contributed by atoms with van der Waals surface area (Å²) in [4.78, 5) is 21.9. The fourth-order valence-electron chi connectivity index (χ4n) is 5.26. The number of carbonyl (C=O) groups excluding carboxylic acids is 1. The molecule has 4 nitrogen and oxygen atoms in total. The average Bonchev–Trinajstić information content (AvgIpc) is 3.14. The predicted octanol–water partition coefficient (Wildman–Crippen LogP) is 7.71. The highest BCUT2D eigenvalue weighted by Gasteiger charge is 2.46. The van der Waals surface area contributed by atoms with Crippen molar-refractivity contribution in [3.63, 3.8) is 0 Å². The van der Waals surface area contributed by atoms with E-state index in [1.807, 2.05) is 23.1 Å². The van der Waals surface area contributed by atoms with Crippen LogP contribution in [0.3, 0.4) is 0 Å². The third-order valence-corrected chi connectivity index (χ3v) is 8.12. The van der Waals surface area contributed by atoms with Gasteiger partial charge in [0.15, 0.2) is 0 Å². The number of nitrogens with zero attached hydrogens (tertiary/aromatic N) is 3. The van der Waals surface area contributed by atoms with Crippen LogP contribution in [0.15, 0.2) is 54.6 Å². The quantitative estimate of drug-likeness (QED) is 0.306. The molecular formula is C28H25Cl4N3O. The van der Waals surface area contributed by atoms with Crippen molar-refractivity contribution >= 4 is 64.1 Å². The zero-order chi connectivity index (χ0) is 25.4. The second-order valence-electron chi connectivity index (χ2n) is 9.56. The van der Waals surface area contributed by atoms with Gasteiger partial charge in [0.1, 0.15) is 10.3 Å². The van der Waals surface area contributed by atoms with Crippen molar-refractivity contribution in [3.8, 4) is 0 Å². The summed E-state index contributed by atoms with van der Waals surface area (Å²) in [7, 11) is 0. The number of likely N-dealkylation sites (tertiary alicyclic amines) is 1. The van der Waals surface area contributed by atoms with Crippen molar-refractivity contribution < 1.29 is 4.79 Å². The Hall–Kier alpha value is -2.08. The van der Waals surface area contributed by atoms with Gasteiger partial charge in [-0.25, -0.2) is 4.98 Å². The van der Waals surface area contributed by atoms with Gasteiger partial charge in [0.25, 0.3) is 5.91 Å². The number of piperidine rings is 1. The Bertz CT molecular complexity index is 1330. The van der Waals surface area contributed by atoms with Crippen LogP contribution in [0.4, 0.5) is 5.69 Å². The van der Waals surface area contributed by atoms with Gasteiger partial charge >= 0.3 is 0 Å². The molecule has 8 heteroatoms. The molecule has 3 heterocycles. The zero-order valence-corrected chi connectivity index (χ0v) is 22.8. The van der Waals surface area contributed by atoms with Crippen molar-refractivity contribution in [1.29, 1.82) is 0 Å². The number of hydrogen-bond acceptors (Lipinski definition) is 3. The number of hydrogen-bond donors (Lipinski definition) is 0. The minimum atomic E-state index is -0.103. The van der Waals surface area contributed by atoms with Gasteiger partial charge in [0.05, 0.1) is 0 Å². The first kappa shape index (κ1) is 25.6. The van der Waals surface area contributed by atoms with Gasteiger partial charge in [-0.2, -0.15) is 0 Å². The Labute approximate surface area is 231 Å². The third kappa shape index (κ3) is 5.16. The van der Waals surface area contributed by atoms with Crippen LogP contribution >= 0.6 is 46.4 Å². The van der Waals surface area contributed by atoms with E-state index in [0.717, 1.165) is 43.7 Å². The lowest BCUT2D eigenvalue weighted by atomic mass is 9.74. The van der Waals surface area contributed by atoms with Crippen LogP contribution in [-0.2, 0) is 5.41 Å². The molecule has 3 aromatic rings. The number of carbonyl (C=O) groups is 1. The maximum absolute atomic E-state index is 13.6. The smallest absolute Gasteiger partial charge is 0.258 e. The van der Waals surface area contributed by atoms with Crippen LogP contribution in [0.1, 0.15) is 39.9 Å². The lowest BCUT2D eigenvalue weighted by Gasteiger charge is -2.39. The fourth-order valence-corrected chi connectivity index (χ4v) is 6.20. The van der Waals surface area contributed by atoms with Crippen LogP contribution in [0.5, 0.6) is 0 Å².